The number of nitrogens with zero attached hydrogens (tertiary/aromatic N) is 2. The minimum atomic E-state index is -3.91. The highest BCUT2D eigenvalue weighted by Gasteiger charge is 2.30. The second-order valence-corrected chi connectivity index (χ2v) is 9.23. The maximum absolute atomic E-state index is 14.3. The molecule has 7 nitrogen and oxygen atoms in total. The number of anilines is 1. The number of rotatable bonds is 10. The first-order chi connectivity index (χ1) is 15.0. The summed E-state index contributed by atoms with van der Waals surface area (Å²) in [5.41, 5.74) is 0.278. The molecule has 174 valence electrons. The summed E-state index contributed by atoms with van der Waals surface area (Å²) in [5, 5.41) is 2.69. The number of carbonyl (C=O) groups excluding carboxylic acids is 2. The minimum Gasteiger partial charge on any atom is -0.354 e. The fourth-order valence-electron chi connectivity index (χ4n) is 3.01. The van der Waals surface area contributed by atoms with Crippen molar-refractivity contribution in [3.8, 4) is 0 Å². The van der Waals surface area contributed by atoms with Gasteiger partial charge in [-0.15, -0.1) is 0 Å². The van der Waals surface area contributed by atoms with Crippen LogP contribution < -0.4 is 9.62 Å². The molecule has 1 N–H and O–H groups in total. The molecule has 2 aromatic rings. The van der Waals surface area contributed by atoms with Crippen LogP contribution in [0.25, 0.3) is 0 Å². The molecule has 0 spiro atoms. The Kier molecular flexibility index (Phi) is 8.71. The van der Waals surface area contributed by atoms with E-state index in [0.29, 0.717) is 13.0 Å². The molecule has 2 aromatic carbocycles. The second-order valence-electron chi connectivity index (χ2n) is 7.33. The van der Waals surface area contributed by atoms with E-state index in [9.17, 15) is 26.8 Å². The van der Waals surface area contributed by atoms with Gasteiger partial charge in [0.1, 0.15) is 24.2 Å². The van der Waals surface area contributed by atoms with Crippen molar-refractivity contribution in [3.05, 3.63) is 65.7 Å². The number of amides is 2. The van der Waals surface area contributed by atoms with Gasteiger partial charge in [0, 0.05) is 18.7 Å². The third-order valence-electron chi connectivity index (χ3n) is 4.81. The zero-order chi connectivity index (χ0) is 23.9. The van der Waals surface area contributed by atoms with E-state index >= 15 is 0 Å². The largest absolute Gasteiger partial charge is 0.354 e. The van der Waals surface area contributed by atoms with Crippen LogP contribution in [0.4, 0.5) is 14.5 Å². The third-order valence-corrected chi connectivity index (χ3v) is 5.95. The van der Waals surface area contributed by atoms with Gasteiger partial charge in [0.25, 0.3) is 0 Å². The highest BCUT2D eigenvalue weighted by molar-refractivity contribution is 7.92. The smallest absolute Gasteiger partial charge is 0.244 e. The molecule has 1 atom stereocenters. The Hall–Kier alpha value is -3.01. The molecule has 2 rings (SSSR count). The van der Waals surface area contributed by atoms with Gasteiger partial charge in [-0.2, -0.15) is 0 Å². The van der Waals surface area contributed by atoms with E-state index in [1.807, 2.05) is 6.92 Å². The van der Waals surface area contributed by atoms with Crippen LogP contribution in [0.5, 0.6) is 0 Å². The van der Waals surface area contributed by atoms with E-state index in [0.717, 1.165) is 27.6 Å². The number of hydrogen-bond donors (Lipinski definition) is 1. The average molecular weight is 468 g/mol. The molecule has 0 saturated carbocycles. The van der Waals surface area contributed by atoms with Crippen LogP contribution in [0.15, 0.2) is 48.5 Å². The summed E-state index contributed by atoms with van der Waals surface area (Å²) in [5.74, 6) is -2.26. The summed E-state index contributed by atoms with van der Waals surface area (Å²) in [6.07, 6.45) is 1.61. The standard InChI is InChI=1S/C22H27F2N3O4S/c1-4-13-25-22(29)16(2)26(14-17-7-5-6-8-20(17)24)21(28)15-27(32(3,30)31)19-11-9-18(23)10-12-19/h5-12,16H,4,13-15H2,1-3H3,(H,25,29)/t16-/m0/s1. The molecule has 0 bridgehead atoms. The molecule has 0 heterocycles. The molecule has 2 amide bonds. The number of nitrogens with one attached hydrogen (secondary N) is 1. The van der Waals surface area contributed by atoms with E-state index in [2.05, 4.69) is 5.32 Å². The molecule has 0 aromatic heterocycles. The molecule has 10 heteroatoms. The van der Waals surface area contributed by atoms with Crippen LogP contribution >= 0.6 is 0 Å². The van der Waals surface area contributed by atoms with Crippen LogP contribution in [-0.4, -0.2) is 50.5 Å². The quantitative estimate of drug-likeness (QED) is 0.582. The van der Waals surface area contributed by atoms with Gasteiger partial charge in [-0.05, 0) is 43.7 Å². The lowest BCUT2D eigenvalue weighted by Crippen LogP contribution is -2.51. The van der Waals surface area contributed by atoms with Gasteiger partial charge in [-0.3, -0.25) is 13.9 Å². The average Bonchev–Trinajstić information content (AvgIpc) is 2.74. The lowest BCUT2D eigenvalue weighted by molar-refractivity contribution is -0.139. The summed E-state index contributed by atoms with van der Waals surface area (Å²) >= 11 is 0. The molecular weight excluding hydrogens is 440 g/mol. The van der Waals surface area contributed by atoms with Crippen LogP contribution in [0.1, 0.15) is 25.8 Å². The van der Waals surface area contributed by atoms with Gasteiger partial charge in [-0.1, -0.05) is 25.1 Å². The molecule has 0 aliphatic carbocycles. The van der Waals surface area contributed by atoms with E-state index in [4.69, 9.17) is 0 Å². The lowest BCUT2D eigenvalue weighted by atomic mass is 10.1. The van der Waals surface area contributed by atoms with Gasteiger partial charge < -0.3 is 10.2 Å². The molecule has 0 saturated heterocycles. The Labute approximate surface area is 187 Å². The molecule has 0 aliphatic rings. The maximum Gasteiger partial charge on any atom is 0.244 e. The zero-order valence-corrected chi connectivity index (χ0v) is 19.0. The summed E-state index contributed by atoms with van der Waals surface area (Å²) in [4.78, 5) is 26.9. The van der Waals surface area contributed by atoms with Crippen molar-refractivity contribution >= 4 is 27.5 Å². The number of sulfonamides is 1. The number of benzene rings is 2. The van der Waals surface area contributed by atoms with Gasteiger partial charge in [0.15, 0.2) is 0 Å². The van der Waals surface area contributed by atoms with Gasteiger partial charge in [0.05, 0.1) is 11.9 Å². The predicted molar refractivity (Wildman–Crippen MR) is 118 cm³/mol. The van der Waals surface area contributed by atoms with Crippen LogP contribution in [-0.2, 0) is 26.2 Å². The molecule has 32 heavy (non-hydrogen) atoms. The molecule has 0 radical (unpaired) electrons. The van der Waals surface area contributed by atoms with Crippen molar-refractivity contribution < 1.29 is 26.8 Å². The Bertz CT molecular complexity index is 1050. The van der Waals surface area contributed by atoms with Crippen molar-refractivity contribution in [1.82, 2.24) is 10.2 Å². The lowest BCUT2D eigenvalue weighted by Gasteiger charge is -2.31. The molecule has 0 unspecified atom stereocenters. The fraction of sp³-hybridized carbons (Fsp3) is 0.364. The first kappa shape index (κ1) is 25.3. The third kappa shape index (κ3) is 6.74. The van der Waals surface area contributed by atoms with Crippen molar-refractivity contribution in [2.45, 2.75) is 32.9 Å². The van der Waals surface area contributed by atoms with Crippen LogP contribution in [0.2, 0.25) is 0 Å². The Balaban J connectivity index is 2.37. The Morgan fingerprint density at radius 3 is 2.25 bits per heavy atom. The van der Waals surface area contributed by atoms with Crippen LogP contribution in [0, 0.1) is 11.6 Å². The molecule has 0 fully saturated rings. The topological polar surface area (TPSA) is 86.8 Å². The van der Waals surface area contributed by atoms with Gasteiger partial charge in [0.2, 0.25) is 21.8 Å². The number of carbonyl (C=O) groups is 2. The van der Waals surface area contributed by atoms with E-state index < -0.39 is 46.1 Å². The first-order valence-electron chi connectivity index (χ1n) is 10.1. The fourth-order valence-corrected chi connectivity index (χ4v) is 3.86. The maximum atomic E-state index is 14.3. The van der Waals surface area contributed by atoms with Crippen LogP contribution in [0.3, 0.4) is 0 Å². The van der Waals surface area contributed by atoms with Crippen molar-refractivity contribution in [2.75, 3.05) is 23.7 Å². The highest BCUT2D eigenvalue weighted by atomic mass is 32.2. The first-order valence-corrected chi connectivity index (χ1v) is 11.9. The summed E-state index contributed by atoms with van der Waals surface area (Å²) in [7, 11) is -3.91. The number of hydrogen-bond acceptors (Lipinski definition) is 4. The normalized spacial score (nSPS) is 12.2. The monoisotopic (exact) mass is 467 g/mol. The van der Waals surface area contributed by atoms with Gasteiger partial charge in [-0.25, -0.2) is 17.2 Å². The summed E-state index contributed by atoms with van der Waals surface area (Å²) < 4.78 is 53.1. The zero-order valence-electron chi connectivity index (χ0n) is 18.2. The predicted octanol–water partition coefficient (Wildman–Crippen LogP) is 2.67. The van der Waals surface area contributed by atoms with E-state index in [1.54, 1.807) is 6.07 Å². The SMILES string of the molecule is CCCNC(=O)[C@H](C)N(Cc1ccccc1F)C(=O)CN(c1ccc(F)cc1)S(C)(=O)=O. The highest BCUT2D eigenvalue weighted by Crippen LogP contribution is 2.20. The molecular formula is C22H27F2N3O4S. The van der Waals surface area contributed by atoms with Crippen molar-refractivity contribution in [1.29, 1.82) is 0 Å². The van der Waals surface area contributed by atoms with Crippen molar-refractivity contribution in [2.24, 2.45) is 0 Å². The summed E-state index contributed by atoms with van der Waals surface area (Å²) in [6, 6.07) is 9.48. The number of halogens is 2. The summed E-state index contributed by atoms with van der Waals surface area (Å²) in [6.45, 7) is 2.90. The van der Waals surface area contributed by atoms with E-state index in [-0.39, 0.29) is 17.8 Å². The second kappa shape index (κ2) is 11.0. The minimum absolute atomic E-state index is 0.0937. The van der Waals surface area contributed by atoms with E-state index in [1.165, 1.54) is 37.3 Å². The van der Waals surface area contributed by atoms with Gasteiger partial charge >= 0.3 is 0 Å². The Morgan fingerprint density at radius 2 is 1.69 bits per heavy atom. The van der Waals surface area contributed by atoms with Crippen molar-refractivity contribution in [3.63, 3.8) is 0 Å². The molecule has 0 aliphatic heterocycles. The Morgan fingerprint density at radius 1 is 1.06 bits per heavy atom.